The van der Waals surface area contributed by atoms with Crippen molar-refractivity contribution in [3.63, 3.8) is 0 Å². The van der Waals surface area contributed by atoms with Crippen LogP contribution >= 0.6 is 11.6 Å². The van der Waals surface area contributed by atoms with Crippen LogP contribution in [0.15, 0.2) is 59.2 Å². The lowest BCUT2D eigenvalue weighted by atomic mass is 10.1. The molecule has 4 rings (SSSR count). The van der Waals surface area contributed by atoms with E-state index in [4.69, 9.17) is 16.0 Å². The highest BCUT2D eigenvalue weighted by Gasteiger charge is 2.30. The van der Waals surface area contributed by atoms with E-state index in [9.17, 15) is 18.0 Å². The molecule has 9 heteroatoms. The fourth-order valence-electron chi connectivity index (χ4n) is 3.31. The van der Waals surface area contributed by atoms with Gasteiger partial charge in [0, 0.05) is 24.2 Å². The molecular formula is C23H21ClF3N3O2. The van der Waals surface area contributed by atoms with Gasteiger partial charge in [0.25, 0.3) is 5.91 Å². The molecule has 168 valence electrons. The largest absolute Gasteiger partial charge is 0.447 e. The van der Waals surface area contributed by atoms with Crippen molar-refractivity contribution >= 4 is 17.5 Å². The molecule has 1 amide bonds. The number of oxazole rings is 1. The lowest BCUT2D eigenvalue weighted by molar-refractivity contribution is -0.137. The topological polar surface area (TPSA) is 58.4 Å². The Morgan fingerprint density at radius 1 is 1.12 bits per heavy atom. The molecule has 0 spiro atoms. The molecule has 2 aromatic carbocycles. The minimum absolute atomic E-state index is 0.184. The number of nitrogens with one attached hydrogen (secondary N) is 1. The number of halogens is 4. The number of nitrogens with zero attached hydrogens (tertiary/aromatic N) is 2. The van der Waals surface area contributed by atoms with Crippen LogP contribution in [0.4, 0.5) is 13.2 Å². The number of aromatic nitrogens is 1. The van der Waals surface area contributed by atoms with Crippen molar-refractivity contribution in [3.8, 4) is 0 Å². The summed E-state index contributed by atoms with van der Waals surface area (Å²) in [6.45, 7) is 0.765. The molecule has 1 N–H and O–H groups in total. The summed E-state index contributed by atoms with van der Waals surface area (Å²) in [4.78, 5) is 18.3. The highest BCUT2D eigenvalue weighted by atomic mass is 35.5. The summed E-state index contributed by atoms with van der Waals surface area (Å²) in [5.41, 5.74) is 0.788. The van der Waals surface area contributed by atoms with Crippen LogP contribution in [0.25, 0.3) is 0 Å². The number of carbonyl (C=O) groups excluding carboxylic acids is 1. The molecule has 0 radical (unpaired) electrons. The van der Waals surface area contributed by atoms with Gasteiger partial charge in [0.15, 0.2) is 5.69 Å². The Bertz CT molecular complexity index is 1100. The lowest BCUT2D eigenvalue weighted by Gasteiger charge is -2.22. The maximum Gasteiger partial charge on any atom is 0.416 e. The standard InChI is InChI=1S/C23H21ClF3N3O2/c24-19-7-2-1-5-16(19)12-30(11-15-4-3-6-17(10-15)23(25,26)27)13-21-29-20(14-32-21)22(31)28-18-8-9-18/h1-7,10,14,18H,8-9,11-13H2,(H,28,31). The van der Waals surface area contributed by atoms with Crippen molar-refractivity contribution in [2.75, 3.05) is 0 Å². The molecule has 1 aliphatic rings. The van der Waals surface area contributed by atoms with E-state index < -0.39 is 11.7 Å². The summed E-state index contributed by atoms with van der Waals surface area (Å²) in [5.74, 6) is 0.00279. The van der Waals surface area contributed by atoms with Gasteiger partial charge in [0.2, 0.25) is 5.89 Å². The fraction of sp³-hybridized carbons (Fsp3) is 0.304. The second-order valence-electron chi connectivity index (χ2n) is 7.81. The van der Waals surface area contributed by atoms with Gasteiger partial charge in [-0.25, -0.2) is 4.98 Å². The van der Waals surface area contributed by atoms with Crippen LogP contribution in [-0.4, -0.2) is 21.8 Å². The second-order valence-corrected chi connectivity index (χ2v) is 8.22. The summed E-state index contributed by atoms with van der Waals surface area (Å²) in [6.07, 6.45) is -1.21. The molecule has 1 aliphatic carbocycles. The molecule has 0 bridgehead atoms. The number of hydrogen-bond donors (Lipinski definition) is 1. The molecule has 0 aliphatic heterocycles. The number of amides is 1. The van der Waals surface area contributed by atoms with Crippen LogP contribution in [0.2, 0.25) is 5.02 Å². The van der Waals surface area contributed by atoms with Crippen LogP contribution in [0.1, 0.15) is 45.9 Å². The quantitative estimate of drug-likeness (QED) is 0.483. The number of alkyl halides is 3. The first-order valence-electron chi connectivity index (χ1n) is 10.1. The minimum atomic E-state index is -4.42. The number of hydrogen-bond acceptors (Lipinski definition) is 4. The summed E-state index contributed by atoms with van der Waals surface area (Å²) in [5, 5.41) is 3.40. The molecule has 1 aromatic heterocycles. The molecule has 5 nitrogen and oxygen atoms in total. The first kappa shape index (κ1) is 22.4. The molecule has 1 heterocycles. The molecule has 0 saturated heterocycles. The summed E-state index contributed by atoms with van der Waals surface area (Å²) in [7, 11) is 0. The van der Waals surface area contributed by atoms with Gasteiger partial charge in [-0.2, -0.15) is 13.2 Å². The van der Waals surface area contributed by atoms with Crippen molar-refractivity contribution in [3.05, 3.63) is 88.1 Å². The molecular weight excluding hydrogens is 443 g/mol. The van der Waals surface area contributed by atoms with E-state index in [0.717, 1.165) is 30.5 Å². The zero-order chi connectivity index (χ0) is 22.7. The minimum Gasteiger partial charge on any atom is -0.447 e. The predicted octanol–water partition coefficient (Wildman–Crippen LogP) is 5.44. The van der Waals surface area contributed by atoms with E-state index in [-0.39, 0.29) is 30.7 Å². The lowest BCUT2D eigenvalue weighted by Crippen LogP contribution is -2.26. The monoisotopic (exact) mass is 463 g/mol. The van der Waals surface area contributed by atoms with Crippen LogP contribution in [0.3, 0.4) is 0 Å². The third kappa shape index (κ3) is 5.89. The van der Waals surface area contributed by atoms with Crippen molar-refractivity contribution in [2.45, 2.75) is 44.7 Å². The zero-order valence-corrected chi connectivity index (χ0v) is 17.8. The van der Waals surface area contributed by atoms with Gasteiger partial charge in [-0.15, -0.1) is 0 Å². The average Bonchev–Trinajstić information content (AvgIpc) is 3.43. The van der Waals surface area contributed by atoms with Gasteiger partial charge in [-0.1, -0.05) is 48.0 Å². The van der Waals surface area contributed by atoms with Crippen molar-refractivity contribution < 1.29 is 22.4 Å². The first-order chi connectivity index (χ1) is 15.3. The summed E-state index contributed by atoms with van der Waals surface area (Å²) < 4.78 is 44.9. The van der Waals surface area contributed by atoms with E-state index in [2.05, 4.69) is 10.3 Å². The number of rotatable bonds is 8. The van der Waals surface area contributed by atoms with Crippen molar-refractivity contribution in [1.82, 2.24) is 15.2 Å². The van der Waals surface area contributed by atoms with Gasteiger partial charge in [-0.05, 0) is 36.1 Å². The van der Waals surface area contributed by atoms with Crippen LogP contribution in [0, 0.1) is 0 Å². The highest BCUT2D eigenvalue weighted by molar-refractivity contribution is 6.31. The van der Waals surface area contributed by atoms with Gasteiger partial charge < -0.3 is 9.73 Å². The molecule has 3 aromatic rings. The van der Waals surface area contributed by atoms with E-state index in [1.54, 1.807) is 12.1 Å². The second kappa shape index (κ2) is 9.34. The molecule has 0 atom stereocenters. The van der Waals surface area contributed by atoms with Crippen LogP contribution < -0.4 is 5.32 Å². The van der Waals surface area contributed by atoms with Crippen molar-refractivity contribution in [2.24, 2.45) is 0 Å². The Balaban J connectivity index is 1.53. The van der Waals surface area contributed by atoms with Crippen LogP contribution in [-0.2, 0) is 25.8 Å². The Morgan fingerprint density at radius 3 is 2.62 bits per heavy atom. The number of carbonyl (C=O) groups is 1. The van der Waals surface area contributed by atoms with Gasteiger partial charge in [-0.3, -0.25) is 9.69 Å². The van der Waals surface area contributed by atoms with Crippen LogP contribution in [0.5, 0.6) is 0 Å². The van der Waals surface area contributed by atoms with Gasteiger partial charge in [0.05, 0.1) is 12.1 Å². The maximum atomic E-state index is 13.1. The first-order valence-corrected chi connectivity index (χ1v) is 10.5. The normalized spacial score (nSPS) is 14.0. The molecule has 32 heavy (non-hydrogen) atoms. The Kier molecular flexibility index (Phi) is 6.53. The predicted molar refractivity (Wildman–Crippen MR) is 113 cm³/mol. The average molecular weight is 464 g/mol. The Hall–Kier alpha value is -2.84. The molecule has 1 saturated carbocycles. The molecule has 1 fully saturated rings. The SMILES string of the molecule is O=C(NC1CC1)c1coc(CN(Cc2cccc(C(F)(F)F)c2)Cc2ccccc2Cl)n1. The smallest absolute Gasteiger partial charge is 0.416 e. The van der Waals surface area contributed by atoms with Gasteiger partial charge in [0.1, 0.15) is 6.26 Å². The van der Waals surface area contributed by atoms with E-state index in [1.807, 2.05) is 23.1 Å². The summed E-state index contributed by atoms with van der Waals surface area (Å²) in [6, 6.07) is 12.6. The summed E-state index contributed by atoms with van der Waals surface area (Å²) >= 11 is 6.29. The van der Waals surface area contributed by atoms with E-state index >= 15 is 0 Å². The third-order valence-corrected chi connectivity index (χ3v) is 5.44. The van der Waals surface area contributed by atoms with E-state index in [0.29, 0.717) is 23.0 Å². The maximum absolute atomic E-state index is 13.1. The van der Waals surface area contributed by atoms with E-state index in [1.165, 1.54) is 12.3 Å². The Labute approximate surface area is 188 Å². The zero-order valence-electron chi connectivity index (χ0n) is 17.0. The molecule has 0 unspecified atom stereocenters. The fourth-order valence-corrected chi connectivity index (χ4v) is 3.50. The Morgan fingerprint density at radius 2 is 1.91 bits per heavy atom. The van der Waals surface area contributed by atoms with Gasteiger partial charge >= 0.3 is 6.18 Å². The third-order valence-electron chi connectivity index (χ3n) is 5.07. The number of benzene rings is 2. The van der Waals surface area contributed by atoms with Crippen molar-refractivity contribution in [1.29, 1.82) is 0 Å². The highest BCUT2D eigenvalue weighted by Crippen LogP contribution is 2.30.